The van der Waals surface area contributed by atoms with Crippen molar-refractivity contribution in [3.05, 3.63) is 65.1 Å². The third-order valence-corrected chi connectivity index (χ3v) is 8.94. The number of aromatic nitrogens is 1. The number of rotatable bonds is 9. The average Bonchev–Trinajstić information content (AvgIpc) is 3.22. The van der Waals surface area contributed by atoms with Gasteiger partial charge in [0.1, 0.15) is 6.04 Å². The van der Waals surface area contributed by atoms with E-state index in [1.54, 1.807) is 18.2 Å². The number of aryl methyl sites for hydroxylation is 1. The van der Waals surface area contributed by atoms with E-state index in [-0.39, 0.29) is 29.9 Å². The lowest BCUT2D eigenvalue weighted by molar-refractivity contribution is -0.136. The Hall–Kier alpha value is -4.38. The topological polar surface area (TPSA) is 156 Å². The Balaban J connectivity index is 1.04. The van der Waals surface area contributed by atoms with E-state index < -0.39 is 29.7 Å². The predicted octanol–water partition coefficient (Wildman–Crippen LogP) is 2.63. The van der Waals surface area contributed by atoms with Crippen LogP contribution in [0.5, 0.6) is 0 Å². The number of hydrogen-bond donors (Lipinski definition) is 5. The van der Waals surface area contributed by atoms with Crippen LogP contribution in [0.15, 0.2) is 42.6 Å². The number of carbonyl (C=O) groups excluding carboxylic acids is 4. The van der Waals surface area contributed by atoms with Crippen LogP contribution in [0.3, 0.4) is 0 Å². The van der Waals surface area contributed by atoms with E-state index in [9.17, 15) is 19.2 Å². The Morgan fingerprint density at radius 2 is 1.81 bits per heavy atom. The van der Waals surface area contributed by atoms with Crippen molar-refractivity contribution in [1.29, 1.82) is 5.41 Å². The zero-order chi connectivity index (χ0) is 30.1. The molecule has 1 aliphatic carbocycles. The van der Waals surface area contributed by atoms with Gasteiger partial charge in [0, 0.05) is 53.8 Å². The first-order valence-electron chi connectivity index (χ1n) is 15.1. The fourth-order valence-electron chi connectivity index (χ4n) is 6.40. The molecule has 11 nitrogen and oxygen atoms in total. The van der Waals surface area contributed by atoms with E-state index in [4.69, 9.17) is 10.4 Å². The lowest BCUT2D eigenvalue weighted by Crippen LogP contribution is -2.54. The number of imide groups is 2. The second-order valence-electron chi connectivity index (χ2n) is 11.9. The molecule has 4 aliphatic rings. The van der Waals surface area contributed by atoms with Crippen LogP contribution in [0.25, 0.3) is 5.57 Å². The fraction of sp³-hybridized carbons (Fsp3) is 0.438. The molecular formula is C32H37N7O4. The highest BCUT2D eigenvalue weighted by Crippen LogP contribution is 2.32. The van der Waals surface area contributed by atoms with Gasteiger partial charge in [-0.1, -0.05) is 6.07 Å². The van der Waals surface area contributed by atoms with Crippen molar-refractivity contribution in [3.8, 4) is 0 Å². The Labute approximate surface area is 250 Å². The number of carbonyl (C=O) groups is 4. The molecule has 1 aromatic carbocycles. The summed E-state index contributed by atoms with van der Waals surface area (Å²) >= 11 is 0. The maximum atomic E-state index is 13.1. The van der Waals surface area contributed by atoms with E-state index in [2.05, 4.69) is 21.3 Å². The molecule has 2 aromatic rings. The standard InChI is InChI=1S/C32H37N7O4/c1-18-3-2-4-26(37-18)25(29(33)20-9-11-34-12-10-20)17-36-22-13-19(14-22)16-35-21-5-6-23-24(15-21)32(43)39(31(23)42)27-7-8-28(40)38-30(27)41/h2-6,15,17,19-20,22,27,33-36H,7-14,16H2,1H3,(H,38,40,41)/b25-17-,33-29?. The molecule has 224 valence electrons. The summed E-state index contributed by atoms with van der Waals surface area (Å²) in [5, 5.41) is 21.5. The summed E-state index contributed by atoms with van der Waals surface area (Å²) in [5.41, 5.74) is 4.54. The Morgan fingerprint density at radius 3 is 2.56 bits per heavy atom. The van der Waals surface area contributed by atoms with E-state index in [0.29, 0.717) is 17.7 Å². The summed E-state index contributed by atoms with van der Waals surface area (Å²) in [4.78, 5) is 55.6. The maximum absolute atomic E-state index is 13.1. The number of fused-ring (bicyclic) bond motifs is 1. The number of nitrogens with one attached hydrogen (secondary N) is 5. The van der Waals surface area contributed by atoms with Gasteiger partial charge >= 0.3 is 0 Å². The summed E-state index contributed by atoms with van der Waals surface area (Å²) in [5.74, 6) is -1.37. The Morgan fingerprint density at radius 1 is 1.05 bits per heavy atom. The Kier molecular flexibility index (Phi) is 8.07. The van der Waals surface area contributed by atoms with Crippen molar-refractivity contribution >= 4 is 40.6 Å². The van der Waals surface area contributed by atoms with Crippen LogP contribution in [0.4, 0.5) is 5.69 Å². The highest BCUT2D eigenvalue weighted by atomic mass is 16.2. The minimum atomic E-state index is -0.972. The number of allylic oxidation sites excluding steroid dienone is 1. The van der Waals surface area contributed by atoms with Gasteiger partial charge in [-0.25, -0.2) is 0 Å². The molecule has 11 heteroatoms. The number of benzene rings is 1. The van der Waals surface area contributed by atoms with Gasteiger partial charge in [0.05, 0.1) is 16.8 Å². The highest BCUT2D eigenvalue weighted by molar-refractivity contribution is 6.24. The number of anilines is 1. The zero-order valence-electron chi connectivity index (χ0n) is 24.2. The summed E-state index contributed by atoms with van der Waals surface area (Å²) in [7, 11) is 0. The molecule has 0 radical (unpaired) electrons. The minimum Gasteiger partial charge on any atom is -0.388 e. The van der Waals surface area contributed by atoms with Crippen molar-refractivity contribution < 1.29 is 19.2 Å². The van der Waals surface area contributed by atoms with Gasteiger partial charge in [0.25, 0.3) is 11.8 Å². The van der Waals surface area contributed by atoms with Crippen LogP contribution in [-0.4, -0.2) is 70.9 Å². The molecule has 1 unspecified atom stereocenters. The molecule has 4 amide bonds. The molecule has 5 N–H and O–H groups in total. The second kappa shape index (κ2) is 12.1. The first-order valence-corrected chi connectivity index (χ1v) is 15.1. The van der Waals surface area contributed by atoms with Crippen LogP contribution >= 0.6 is 0 Å². The molecule has 3 fully saturated rings. The van der Waals surface area contributed by atoms with E-state index in [1.807, 2.05) is 31.3 Å². The molecule has 1 atom stereocenters. The predicted molar refractivity (Wildman–Crippen MR) is 162 cm³/mol. The number of nitrogens with zero attached hydrogens (tertiary/aromatic N) is 2. The molecular weight excluding hydrogens is 546 g/mol. The van der Waals surface area contributed by atoms with Gasteiger partial charge in [-0.05, 0) is 88.4 Å². The molecule has 43 heavy (non-hydrogen) atoms. The molecule has 1 aromatic heterocycles. The largest absolute Gasteiger partial charge is 0.388 e. The normalized spacial score (nSPS) is 24.3. The minimum absolute atomic E-state index is 0.0918. The maximum Gasteiger partial charge on any atom is 0.262 e. The summed E-state index contributed by atoms with van der Waals surface area (Å²) in [6.07, 6.45) is 6.05. The van der Waals surface area contributed by atoms with Gasteiger partial charge in [0.2, 0.25) is 11.8 Å². The molecule has 4 heterocycles. The lowest BCUT2D eigenvalue weighted by atomic mass is 9.80. The summed E-state index contributed by atoms with van der Waals surface area (Å²) in [6, 6.07) is 10.3. The van der Waals surface area contributed by atoms with Crippen molar-refractivity contribution in [1.82, 2.24) is 25.8 Å². The highest BCUT2D eigenvalue weighted by Gasteiger charge is 2.44. The van der Waals surface area contributed by atoms with Crippen molar-refractivity contribution in [3.63, 3.8) is 0 Å². The number of hydrogen-bond acceptors (Lipinski definition) is 9. The molecule has 2 saturated heterocycles. The summed E-state index contributed by atoms with van der Waals surface area (Å²) < 4.78 is 0. The van der Waals surface area contributed by atoms with E-state index in [1.165, 1.54) is 0 Å². The van der Waals surface area contributed by atoms with Gasteiger partial charge in [-0.2, -0.15) is 0 Å². The van der Waals surface area contributed by atoms with Crippen LogP contribution in [-0.2, 0) is 9.59 Å². The fourth-order valence-corrected chi connectivity index (χ4v) is 6.40. The SMILES string of the molecule is Cc1cccc(/C(=C/NC2CC(CNc3ccc4c(c3)C(=O)N(C3CCC(=O)NC3=O)C4=O)C2)C(=N)C2CCNCC2)n1. The third kappa shape index (κ3) is 5.94. The number of pyridine rings is 1. The first kappa shape index (κ1) is 28.7. The van der Waals surface area contributed by atoms with Gasteiger partial charge in [-0.15, -0.1) is 0 Å². The summed E-state index contributed by atoms with van der Waals surface area (Å²) in [6.45, 7) is 4.55. The lowest BCUT2D eigenvalue weighted by Gasteiger charge is -2.36. The van der Waals surface area contributed by atoms with Crippen molar-refractivity contribution in [2.45, 2.75) is 57.5 Å². The monoisotopic (exact) mass is 583 g/mol. The smallest absolute Gasteiger partial charge is 0.262 e. The van der Waals surface area contributed by atoms with Crippen LogP contribution in [0.1, 0.15) is 70.6 Å². The third-order valence-electron chi connectivity index (χ3n) is 8.94. The number of amides is 4. The quantitative estimate of drug-likeness (QED) is 0.223. The zero-order valence-corrected chi connectivity index (χ0v) is 24.2. The molecule has 0 spiro atoms. The number of piperidine rings is 2. The van der Waals surface area contributed by atoms with Gasteiger partial charge in [-0.3, -0.25) is 34.4 Å². The molecule has 1 saturated carbocycles. The molecule has 3 aliphatic heterocycles. The van der Waals surface area contributed by atoms with Crippen molar-refractivity contribution in [2.24, 2.45) is 11.8 Å². The average molecular weight is 584 g/mol. The van der Waals surface area contributed by atoms with Crippen LogP contribution < -0.4 is 21.3 Å². The van der Waals surface area contributed by atoms with Crippen molar-refractivity contribution in [2.75, 3.05) is 25.0 Å². The molecule has 0 bridgehead atoms. The van der Waals surface area contributed by atoms with E-state index >= 15 is 0 Å². The van der Waals surface area contributed by atoms with Gasteiger partial charge < -0.3 is 21.4 Å². The van der Waals surface area contributed by atoms with E-state index in [0.717, 1.165) is 72.9 Å². The second-order valence-corrected chi connectivity index (χ2v) is 11.9. The van der Waals surface area contributed by atoms with Gasteiger partial charge in [0.15, 0.2) is 0 Å². The first-order chi connectivity index (χ1) is 20.8. The van der Waals surface area contributed by atoms with Crippen LogP contribution in [0, 0.1) is 24.2 Å². The van der Waals surface area contributed by atoms with Crippen LogP contribution in [0.2, 0.25) is 0 Å². The molecule has 6 rings (SSSR count). The Bertz CT molecular complexity index is 1510.